The number of ether oxygens (including phenoxy) is 1. The van der Waals surface area contributed by atoms with Crippen molar-refractivity contribution in [3.63, 3.8) is 0 Å². The number of hydrogen-bond acceptors (Lipinski definition) is 2. The lowest BCUT2D eigenvalue weighted by Crippen LogP contribution is -2.09. The van der Waals surface area contributed by atoms with Gasteiger partial charge in [-0.2, -0.15) is 0 Å². The van der Waals surface area contributed by atoms with Crippen molar-refractivity contribution < 1.29 is 13.9 Å². The number of benzene rings is 2. The largest absolute Gasteiger partial charge is 0.369 e. The van der Waals surface area contributed by atoms with Crippen molar-refractivity contribution >= 4 is 11.9 Å². The predicted octanol–water partition coefficient (Wildman–Crippen LogP) is 3.74. The van der Waals surface area contributed by atoms with E-state index >= 15 is 0 Å². The number of Topliss-reactive ketones (excluding diaryl/α,β-unsaturated/α-hetero) is 1. The molecule has 20 heavy (non-hydrogen) atoms. The Bertz CT molecular complexity index is 574. The molecule has 102 valence electrons. The zero-order valence-corrected chi connectivity index (χ0v) is 11.0. The van der Waals surface area contributed by atoms with Crippen molar-refractivity contribution in [2.24, 2.45) is 0 Å². The summed E-state index contributed by atoms with van der Waals surface area (Å²) >= 11 is 0. The maximum atomic E-state index is 12.7. The molecule has 0 heterocycles. The van der Waals surface area contributed by atoms with Crippen LogP contribution in [0.15, 0.2) is 60.7 Å². The lowest BCUT2D eigenvalue weighted by atomic mass is 10.1. The Morgan fingerprint density at radius 1 is 1.05 bits per heavy atom. The van der Waals surface area contributed by atoms with Crippen LogP contribution in [0.4, 0.5) is 4.39 Å². The second-order valence-electron chi connectivity index (χ2n) is 4.26. The third-order valence-corrected chi connectivity index (χ3v) is 2.72. The molecule has 3 heteroatoms. The Kier molecular flexibility index (Phi) is 5.21. The van der Waals surface area contributed by atoms with Crippen LogP contribution in [0.5, 0.6) is 0 Å². The quantitative estimate of drug-likeness (QED) is 0.590. The smallest absolute Gasteiger partial charge is 0.188 e. The lowest BCUT2D eigenvalue weighted by Gasteiger charge is -2.01. The van der Waals surface area contributed by atoms with Crippen LogP contribution in [0.25, 0.3) is 6.08 Å². The van der Waals surface area contributed by atoms with Crippen molar-refractivity contribution in [2.75, 3.05) is 13.2 Å². The monoisotopic (exact) mass is 270 g/mol. The summed E-state index contributed by atoms with van der Waals surface area (Å²) in [4.78, 5) is 11.7. The van der Waals surface area contributed by atoms with E-state index in [4.69, 9.17) is 4.74 Å². The normalized spacial score (nSPS) is 10.8. The molecule has 0 aliphatic carbocycles. The summed E-state index contributed by atoms with van der Waals surface area (Å²) in [5.41, 5.74) is 1.54. The van der Waals surface area contributed by atoms with Crippen LogP contribution < -0.4 is 0 Å². The van der Waals surface area contributed by atoms with Crippen molar-refractivity contribution in [3.05, 3.63) is 77.6 Å². The summed E-state index contributed by atoms with van der Waals surface area (Å²) in [7, 11) is 0. The predicted molar refractivity (Wildman–Crippen MR) is 77.0 cm³/mol. The Balaban J connectivity index is 1.74. The van der Waals surface area contributed by atoms with Crippen molar-refractivity contribution in [3.8, 4) is 0 Å². The van der Waals surface area contributed by atoms with Crippen LogP contribution in [0.1, 0.15) is 15.9 Å². The van der Waals surface area contributed by atoms with E-state index in [1.165, 1.54) is 24.3 Å². The highest BCUT2D eigenvalue weighted by atomic mass is 19.1. The second kappa shape index (κ2) is 7.36. The molecule has 0 amide bonds. The minimum Gasteiger partial charge on any atom is -0.369 e. The van der Waals surface area contributed by atoms with Gasteiger partial charge in [0.25, 0.3) is 0 Å². The fraction of sp³-hybridized carbons (Fsp3) is 0.118. The molecule has 0 aliphatic rings. The van der Waals surface area contributed by atoms with E-state index in [1.54, 1.807) is 0 Å². The molecule has 0 N–H and O–H groups in total. The number of ketones is 1. The molecule has 0 radical (unpaired) electrons. The zero-order valence-electron chi connectivity index (χ0n) is 11.0. The summed E-state index contributed by atoms with van der Waals surface area (Å²) in [6.07, 6.45) is 3.79. The molecular formula is C17H15FO2. The second-order valence-corrected chi connectivity index (χ2v) is 4.26. The van der Waals surface area contributed by atoms with E-state index in [0.717, 1.165) is 5.56 Å². The lowest BCUT2D eigenvalue weighted by molar-refractivity contribution is 0.0806. The number of hydrogen-bond donors (Lipinski definition) is 0. The number of halogens is 1. The van der Waals surface area contributed by atoms with E-state index in [-0.39, 0.29) is 18.2 Å². The van der Waals surface area contributed by atoms with Crippen LogP contribution in [0.2, 0.25) is 0 Å². The molecular weight excluding hydrogens is 255 g/mol. The first-order valence-corrected chi connectivity index (χ1v) is 6.34. The van der Waals surface area contributed by atoms with E-state index in [2.05, 4.69) is 0 Å². The van der Waals surface area contributed by atoms with Gasteiger partial charge in [0, 0.05) is 5.56 Å². The van der Waals surface area contributed by atoms with Crippen molar-refractivity contribution in [1.82, 2.24) is 0 Å². The SMILES string of the molecule is O=C(COCC=Cc1ccccc1)c1ccc(F)cc1. The average Bonchev–Trinajstić information content (AvgIpc) is 2.48. The van der Waals surface area contributed by atoms with Crippen LogP contribution in [-0.2, 0) is 4.74 Å². The molecule has 0 bridgehead atoms. The summed E-state index contributed by atoms with van der Waals surface area (Å²) in [6, 6.07) is 15.3. The van der Waals surface area contributed by atoms with Gasteiger partial charge in [-0.05, 0) is 29.8 Å². The summed E-state index contributed by atoms with van der Waals surface area (Å²) in [6.45, 7) is 0.354. The number of carbonyl (C=O) groups is 1. The first kappa shape index (κ1) is 14.2. The minimum absolute atomic E-state index is 0.00916. The molecule has 2 rings (SSSR count). The van der Waals surface area contributed by atoms with Crippen LogP contribution in [-0.4, -0.2) is 19.0 Å². The summed E-state index contributed by atoms with van der Waals surface area (Å²) in [5, 5.41) is 0. The van der Waals surface area contributed by atoms with Gasteiger partial charge in [-0.1, -0.05) is 42.5 Å². The highest BCUT2D eigenvalue weighted by molar-refractivity contribution is 5.97. The molecule has 0 aromatic heterocycles. The molecule has 2 nitrogen and oxygen atoms in total. The van der Waals surface area contributed by atoms with Gasteiger partial charge in [0.1, 0.15) is 12.4 Å². The van der Waals surface area contributed by atoms with Crippen LogP contribution in [0.3, 0.4) is 0 Å². The number of rotatable bonds is 6. The first-order valence-electron chi connectivity index (χ1n) is 6.34. The van der Waals surface area contributed by atoms with E-state index in [1.807, 2.05) is 42.5 Å². The van der Waals surface area contributed by atoms with Gasteiger partial charge in [-0.25, -0.2) is 4.39 Å². The van der Waals surface area contributed by atoms with E-state index in [0.29, 0.717) is 12.2 Å². The fourth-order valence-corrected chi connectivity index (χ4v) is 1.69. The molecule has 0 spiro atoms. The highest BCUT2D eigenvalue weighted by Crippen LogP contribution is 2.04. The molecule has 0 aliphatic heterocycles. The average molecular weight is 270 g/mol. The molecule has 0 fully saturated rings. The van der Waals surface area contributed by atoms with Gasteiger partial charge in [0.15, 0.2) is 5.78 Å². The highest BCUT2D eigenvalue weighted by Gasteiger charge is 2.04. The molecule has 0 unspecified atom stereocenters. The molecule has 0 atom stereocenters. The molecule has 2 aromatic rings. The maximum absolute atomic E-state index is 12.7. The summed E-state index contributed by atoms with van der Waals surface area (Å²) < 4.78 is 18.0. The third-order valence-electron chi connectivity index (χ3n) is 2.72. The van der Waals surface area contributed by atoms with Crippen molar-refractivity contribution in [1.29, 1.82) is 0 Å². The van der Waals surface area contributed by atoms with Gasteiger partial charge in [0.05, 0.1) is 6.61 Å². The van der Waals surface area contributed by atoms with Gasteiger partial charge in [-0.15, -0.1) is 0 Å². The zero-order chi connectivity index (χ0) is 14.2. The van der Waals surface area contributed by atoms with Crippen LogP contribution in [0, 0.1) is 5.82 Å². The Morgan fingerprint density at radius 3 is 2.45 bits per heavy atom. The Labute approximate surface area is 117 Å². The Morgan fingerprint density at radius 2 is 1.75 bits per heavy atom. The minimum atomic E-state index is -0.353. The van der Waals surface area contributed by atoms with E-state index in [9.17, 15) is 9.18 Å². The topological polar surface area (TPSA) is 26.3 Å². The van der Waals surface area contributed by atoms with Crippen LogP contribution >= 0.6 is 0 Å². The molecule has 0 saturated carbocycles. The van der Waals surface area contributed by atoms with E-state index < -0.39 is 0 Å². The molecule has 0 saturated heterocycles. The summed E-state index contributed by atoms with van der Waals surface area (Å²) in [5.74, 6) is -0.508. The van der Waals surface area contributed by atoms with Gasteiger partial charge < -0.3 is 4.74 Å². The van der Waals surface area contributed by atoms with Crippen molar-refractivity contribution in [2.45, 2.75) is 0 Å². The standard InChI is InChI=1S/C17H15FO2/c18-16-10-8-15(9-11-16)17(19)13-20-12-4-7-14-5-2-1-3-6-14/h1-11H,12-13H2. The van der Waals surface area contributed by atoms with Gasteiger partial charge in [0.2, 0.25) is 0 Å². The first-order chi connectivity index (χ1) is 9.75. The number of carbonyl (C=O) groups excluding carboxylic acids is 1. The van der Waals surface area contributed by atoms with Gasteiger partial charge >= 0.3 is 0 Å². The van der Waals surface area contributed by atoms with Gasteiger partial charge in [-0.3, -0.25) is 4.79 Å². The fourth-order valence-electron chi connectivity index (χ4n) is 1.69. The third kappa shape index (κ3) is 4.44. The Hall–Kier alpha value is -2.26. The molecule has 2 aromatic carbocycles. The maximum Gasteiger partial charge on any atom is 0.188 e.